The van der Waals surface area contributed by atoms with E-state index < -0.39 is 0 Å². The Morgan fingerprint density at radius 3 is 2.57 bits per heavy atom. The molecule has 0 radical (unpaired) electrons. The fourth-order valence-electron chi connectivity index (χ4n) is 2.33. The first-order chi connectivity index (χ1) is 10.3. The summed E-state index contributed by atoms with van der Waals surface area (Å²) in [5.41, 5.74) is 0. The summed E-state index contributed by atoms with van der Waals surface area (Å²) in [4.78, 5) is 0. The van der Waals surface area contributed by atoms with Gasteiger partial charge in [-0.2, -0.15) is 0 Å². The van der Waals surface area contributed by atoms with Crippen molar-refractivity contribution in [2.75, 3.05) is 13.2 Å². The number of unbranched alkanes of at least 4 members (excludes halogenated alkanes) is 3. The Hall–Kier alpha value is -1.77. The molecule has 2 rings (SSSR count). The zero-order chi connectivity index (χ0) is 15.1. The molecule has 0 atom stereocenters. The third kappa shape index (κ3) is 4.10. The summed E-state index contributed by atoms with van der Waals surface area (Å²) >= 11 is 0. The fraction of sp³-hybridized carbons (Fsp3) is 0.444. The Kier molecular flexibility index (Phi) is 5.85. The van der Waals surface area contributed by atoms with Crippen molar-refractivity contribution in [2.45, 2.75) is 39.5 Å². The molecule has 2 aromatic carbocycles. The van der Waals surface area contributed by atoms with Crippen LogP contribution in [0.4, 0.5) is 4.39 Å². The van der Waals surface area contributed by atoms with Crippen molar-refractivity contribution >= 4 is 10.8 Å². The Bertz CT molecular complexity index is 581. The molecular weight excluding hydrogens is 267 g/mol. The first-order valence-electron chi connectivity index (χ1n) is 7.74. The van der Waals surface area contributed by atoms with E-state index in [1.54, 1.807) is 12.1 Å². The van der Waals surface area contributed by atoms with Gasteiger partial charge in [-0.3, -0.25) is 0 Å². The predicted octanol–water partition coefficient (Wildman–Crippen LogP) is 5.34. The van der Waals surface area contributed by atoms with Gasteiger partial charge < -0.3 is 9.47 Å². The molecule has 21 heavy (non-hydrogen) atoms. The van der Waals surface area contributed by atoms with E-state index in [9.17, 15) is 4.39 Å². The second kappa shape index (κ2) is 7.87. The van der Waals surface area contributed by atoms with Gasteiger partial charge in [-0.05, 0) is 43.0 Å². The van der Waals surface area contributed by atoms with E-state index in [4.69, 9.17) is 9.47 Å². The lowest BCUT2D eigenvalue weighted by Crippen LogP contribution is -1.98. The third-order valence-electron chi connectivity index (χ3n) is 3.46. The van der Waals surface area contributed by atoms with Gasteiger partial charge in [0, 0.05) is 5.39 Å². The summed E-state index contributed by atoms with van der Waals surface area (Å²) in [7, 11) is 0. The average molecular weight is 290 g/mol. The Labute approximate surface area is 125 Å². The molecule has 0 aliphatic rings. The summed E-state index contributed by atoms with van der Waals surface area (Å²) in [5, 5.41) is 1.40. The van der Waals surface area contributed by atoms with Crippen LogP contribution in [-0.2, 0) is 0 Å². The molecule has 2 nitrogen and oxygen atoms in total. The molecule has 0 bridgehead atoms. The lowest BCUT2D eigenvalue weighted by atomic mass is 10.1. The number of hydrogen-bond acceptors (Lipinski definition) is 2. The van der Waals surface area contributed by atoms with Crippen molar-refractivity contribution in [3.8, 4) is 11.5 Å². The second-order valence-corrected chi connectivity index (χ2v) is 5.10. The Morgan fingerprint density at radius 2 is 1.81 bits per heavy atom. The summed E-state index contributed by atoms with van der Waals surface area (Å²) in [6.45, 7) is 5.21. The number of halogens is 1. The van der Waals surface area contributed by atoms with Gasteiger partial charge in [0.2, 0.25) is 0 Å². The minimum absolute atomic E-state index is 0.302. The summed E-state index contributed by atoms with van der Waals surface area (Å²) in [6.07, 6.45) is 4.71. The largest absolute Gasteiger partial charge is 0.494 e. The van der Waals surface area contributed by atoms with Gasteiger partial charge >= 0.3 is 0 Å². The lowest BCUT2D eigenvalue weighted by molar-refractivity contribution is 0.305. The van der Waals surface area contributed by atoms with Crippen LogP contribution < -0.4 is 9.47 Å². The van der Waals surface area contributed by atoms with E-state index in [0.717, 1.165) is 17.6 Å². The minimum Gasteiger partial charge on any atom is -0.494 e. The van der Waals surface area contributed by atoms with Gasteiger partial charge in [0.25, 0.3) is 0 Å². The van der Waals surface area contributed by atoms with Crippen LogP contribution in [0, 0.1) is 5.82 Å². The van der Waals surface area contributed by atoms with Crippen molar-refractivity contribution in [3.63, 3.8) is 0 Å². The van der Waals surface area contributed by atoms with E-state index in [1.165, 1.54) is 19.3 Å². The SMILES string of the molecule is CCCCCCOc1ccc2c(F)c(OCC)ccc2c1. The second-order valence-electron chi connectivity index (χ2n) is 5.10. The van der Waals surface area contributed by atoms with Gasteiger partial charge in [-0.1, -0.05) is 32.3 Å². The third-order valence-corrected chi connectivity index (χ3v) is 3.46. The zero-order valence-electron chi connectivity index (χ0n) is 12.8. The number of fused-ring (bicyclic) bond motifs is 1. The number of rotatable bonds is 8. The highest BCUT2D eigenvalue weighted by Crippen LogP contribution is 2.29. The van der Waals surface area contributed by atoms with E-state index in [2.05, 4.69) is 6.92 Å². The van der Waals surface area contributed by atoms with Crippen molar-refractivity contribution in [1.82, 2.24) is 0 Å². The number of ether oxygens (including phenoxy) is 2. The lowest BCUT2D eigenvalue weighted by Gasteiger charge is -2.10. The molecule has 0 aliphatic heterocycles. The minimum atomic E-state index is -0.302. The molecule has 0 fully saturated rings. The van der Waals surface area contributed by atoms with Gasteiger partial charge in [-0.25, -0.2) is 4.39 Å². The summed E-state index contributed by atoms with van der Waals surface area (Å²) in [6, 6.07) is 9.00. The Balaban J connectivity index is 2.06. The molecule has 0 spiro atoms. The molecule has 0 aliphatic carbocycles. The highest BCUT2D eigenvalue weighted by Gasteiger charge is 2.08. The van der Waals surface area contributed by atoms with Crippen molar-refractivity contribution in [1.29, 1.82) is 0 Å². The van der Waals surface area contributed by atoms with Crippen LogP contribution in [0.15, 0.2) is 30.3 Å². The van der Waals surface area contributed by atoms with Crippen LogP contribution in [0.1, 0.15) is 39.5 Å². The molecule has 0 heterocycles. The summed E-state index contributed by atoms with van der Waals surface area (Å²) in [5.74, 6) is 0.796. The molecule has 114 valence electrons. The maximum Gasteiger partial charge on any atom is 0.172 e. The molecule has 0 unspecified atom stereocenters. The van der Waals surface area contributed by atoms with Gasteiger partial charge in [0.05, 0.1) is 13.2 Å². The monoisotopic (exact) mass is 290 g/mol. The molecule has 3 heteroatoms. The van der Waals surface area contributed by atoms with Crippen LogP contribution >= 0.6 is 0 Å². The van der Waals surface area contributed by atoms with Crippen molar-refractivity contribution in [2.24, 2.45) is 0 Å². The number of hydrogen-bond donors (Lipinski definition) is 0. The van der Waals surface area contributed by atoms with Crippen LogP contribution in [0.2, 0.25) is 0 Å². The Morgan fingerprint density at radius 1 is 0.952 bits per heavy atom. The first-order valence-corrected chi connectivity index (χ1v) is 7.74. The first kappa shape index (κ1) is 15.6. The quantitative estimate of drug-likeness (QED) is 0.611. The molecule has 0 amide bonds. The topological polar surface area (TPSA) is 18.5 Å². The molecule has 0 saturated carbocycles. The number of benzene rings is 2. The van der Waals surface area contributed by atoms with Gasteiger partial charge in [0.1, 0.15) is 5.75 Å². The van der Waals surface area contributed by atoms with E-state index in [1.807, 2.05) is 25.1 Å². The molecule has 0 N–H and O–H groups in total. The van der Waals surface area contributed by atoms with Crippen LogP contribution in [0.5, 0.6) is 11.5 Å². The van der Waals surface area contributed by atoms with Gasteiger partial charge in [0.15, 0.2) is 11.6 Å². The normalized spacial score (nSPS) is 10.8. The predicted molar refractivity (Wildman–Crippen MR) is 84.7 cm³/mol. The van der Waals surface area contributed by atoms with E-state index >= 15 is 0 Å². The maximum absolute atomic E-state index is 14.2. The van der Waals surface area contributed by atoms with Crippen LogP contribution in [-0.4, -0.2) is 13.2 Å². The van der Waals surface area contributed by atoms with Crippen molar-refractivity contribution < 1.29 is 13.9 Å². The smallest absolute Gasteiger partial charge is 0.172 e. The van der Waals surface area contributed by atoms with E-state index in [0.29, 0.717) is 24.3 Å². The summed E-state index contributed by atoms with van der Waals surface area (Å²) < 4.78 is 25.2. The zero-order valence-corrected chi connectivity index (χ0v) is 12.8. The molecular formula is C18H23FO2. The fourth-order valence-corrected chi connectivity index (χ4v) is 2.33. The van der Waals surface area contributed by atoms with Gasteiger partial charge in [-0.15, -0.1) is 0 Å². The van der Waals surface area contributed by atoms with Crippen LogP contribution in [0.25, 0.3) is 10.8 Å². The standard InChI is InChI=1S/C18H23FO2/c1-3-5-6-7-12-21-15-9-10-16-14(13-15)8-11-17(18(16)19)20-4-2/h8-11,13H,3-7,12H2,1-2H3. The average Bonchev–Trinajstić information content (AvgIpc) is 2.50. The van der Waals surface area contributed by atoms with E-state index in [-0.39, 0.29) is 5.82 Å². The maximum atomic E-state index is 14.2. The molecule has 0 aromatic heterocycles. The highest BCUT2D eigenvalue weighted by atomic mass is 19.1. The highest BCUT2D eigenvalue weighted by molar-refractivity contribution is 5.86. The molecule has 0 saturated heterocycles. The van der Waals surface area contributed by atoms with Crippen molar-refractivity contribution in [3.05, 3.63) is 36.1 Å². The molecule has 2 aromatic rings. The van der Waals surface area contributed by atoms with Crippen LogP contribution in [0.3, 0.4) is 0 Å².